The van der Waals surface area contributed by atoms with Gasteiger partial charge in [-0.3, -0.25) is 0 Å². The van der Waals surface area contributed by atoms with Gasteiger partial charge in [-0.15, -0.1) is 0 Å². The molecule has 4 heteroatoms. The van der Waals surface area contributed by atoms with E-state index in [4.69, 9.17) is 5.11 Å². The molecule has 17 heavy (non-hydrogen) atoms. The van der Waals surface area contributed by atoms with Crippen LogP contribution in [0, 0.1) is 6.92 Å². The van der Waals surface area contributed by atoms with Crippen molar-refractivity contribution in [3.8, 4) is 0 Å². The Bertz CT molecular complexity index is 373. The topological polar surface area (TPSA) is 39.6 Å². The van der Waals surface area contributed by atoms with Crippen molar-refractivity contribution in [1.82, 2.24) is 9.88 Å². The fraction of sp³-hybridized carbons (Fsp3) is 0.615. The molecule has 4 nitrogen and oxygen atoms in total. The normalized spacial score (nSPS) is 17.5. The molecular weight excluding hydrogens is 214 g/mol. The highest BCUT2D eigenvalue weighted by Gasteiger charge is 2.18. The standard InChI is InChI=1S/C13H21N3O/c1-3-15-4-6-16(7-5-15)13-11(2)8-12(10-17)9-14-13/h8-9,17H,3-7,10H2,1-2H3. The molecule has 1 aliphatic heterocycles. The first-order chi connectivity index (χ1) is 8.24. The molecule has 2 rings (SSSR count). The van der Waals surface area contributed by atoms with Gasteiger partial charge in [-0.05, 0) is 30.7 Å². The molecule has 0 amide bonds. The van der Waals surface area contributed by atoms with Crippen LogP contribution in [0.5, 0.6) is 0 Å². The zero-order chi connectivity index (χ0) is 12.3. The van der Waals surface area contributed by atoms with Crippen LogP contribution in [0.25, 0.3) is 0 Å². The summed E-state index contributed by atoms with van der Waals surface area (Å²) in [6, 6.07) is 2.02. The third kappa shape index (κ3) is 2.76. The number of aromatic nitrogens is 1. The SMILES string of the molecule is CCN1CCN(c2ncc(CO)cc2C)CC1. The van der Waals surface area contributed by atoms with Crippen molar-refractivity contribution in [2.24, 2.45) is 0 Å². The van der Waals surface area contributed by atoms with Crippen molar-refractivity contribution >= 4 is 5.82 Å². The third-order valence-electron chi connectivity index (χ3n) is 3.41. The van der Waals surface area contributed by atoms with Crippen molar-refractivity contribution in [3.05, 3.63) is 23.4 Å². The van der Waals surface area contributed by atoms with Crippen molar-refractivity contribution < 1.29 is 5.11 Å². The fourth-order valence-corrected chi connectivity index (χ4v) is 2.32. The lowest BCUT2D eigenvalue weighted by atomic mass is 10.2. The summed E-state index contributed by atoms with van der Waals surface area (Å²) in [5.41, 5.74) is 2.04. The number of aryl methyl sites for hydroxylation is 1. The molecule has 0 unspecified atom stereocenters. The minimum atomic E-state index is 0.0672. The van der Waals surface area contributed by atoms with Gasteiger partial charge >= 0.3 is 0 Å². The molecular formula is C13H21N3O. The van der Waals surface area contributed by atoms with E-state index in [1.165, 1.54) is 0 Å². The van der Waals surface area contributed by atoms with Gasteiger partial charge in [0.05, 0.1) is 6.61 Å². The lowest BCUT2D eigenvalue weighted by Crippen LogP contribution is -2.46. The van der Waals surface area contributed by atoms with E-state index in [1.807, 2.05) is 6.07 Å². The molecule has 1 fully saturated rings. The predicted octanol–water partition coefficient (Wildman–Crippen LogP) is 1.02. The molecule has 0 bridgehead atoms. The summed E-state index contributed by atoms with van der Waals surface area (Å²) in [4.78, 5) is 9.26. The molecule has 1 aromatic rings. The minimum Gasteiger partial charge on any atom is -0.392 e. The highest BCUT2D eigenvalue weighted by Crippen LogP contribution is 2.19. The second-order valence-corrected chi connectivity index (χ2v) is 4.56. The van der Waals surface area contributed by atoms with Crippen molar-refractivity contribution in [2.75, 3.05) is 37.6 Å². The van der Waals surface area contributed by atoms with Crippen LogP contribution in [0.2, 0.25) is 0 Å². The lowest BCUT2D eigenvalue weighted by Gasteiger charge is -2.35. The van der Waals surface area contributed by atoms with Crippen LogP contribution in [0.3, 0.4) is 0 Å². The fourth-order valence-electron chi connectivity index (χ4n) is 2.32. The van der Waals surface area contributed by atoms with Gasteiger partial charge in [0.1, 0.15) is 5.82 Å². The summed E-state index contributed by atoms with van der Waals surface area (Å²) in [5, 5.41) is 9.07. The zero-order valence-electron chi connectivity index (χ0n) is 10.7. The number of aliphatic hydroxyl groups is 1. The maximum absolute atomic E-state index is 9.07. The maximum atomic E-state index is 9.07. The number of hydrogen-bond acceptors (Lipinski definition) is 4. The third-order valence-corrected chi connectivity index (χ3v) is 3.41. The molecule has 1 aliphatic rings. The highest BCUT2D eigenvalue weighted by molar-refractivity contribution is 5.47. The van der Waals surface area contributed by atoms with E-state index in [0.717, 1.165) is 49.7 Å². The molecule has 0 radical (unpaired) electrons. The van der Waals surface area contributed by atoms with Gasteiger partial charge < -0.3 is 14.9 Å². The quantitative estimate of drug-likeness (QED) is 0.849. The highest BCUT2D eigenvalue weighted by atomic mass is 16.3. The van der Waals surface area contributed by atoms with Crippen LogP contribution in [0.15, 0.2) is 12.3 Å². The Morgan fingerprint density at radius 3 is 2.53 bits per heavy atom. The number of anilines is 1. The predicted molar refractivity (Wildman–Crippen MR) is 69.2 cm³/mol. The Labute approximate surface area is 103 Å². The van der Waals surface area contributed by atoms with Crippen molar-refractivity contribution in [3.63, 3.8) is 0 Å². The van der Waals surface area contributed by atoms with Crippen LogP contribution in [0.1, 0.15) is 18.1 Å². The largest absolute Gasteiger partial charge is 0.392 e. The van der Waals surface area contributed by atoms with Gasteiger partial charge in [-0.1, -0.05) is 6.92 Å². The average molecular weight is 235 g/mol. The van der Waals surface area contributed by atoms with Crippen molar-refractivity contribution in [2.45, 2.75) is 20.5 Å². The number of pyridine rings is 1. The number of rotatable bonds is 3. The molecule has 1 saturated heterocycles. The zero-order valence-corrected chi connectivity index (χ0v) is 10.7. The Hall–Kier alpha value is -1.13. The van der Waals surface area contributed by atoms with Gasteiger partial charge in [-0.25, -0.2) is 4.98 Å². The van der Waals surface area contributed by atoms with Crippen LogP contribution >= 0.6 is 0 Å². The molecule has 94 valence electrons. The van der Waals surface area contributed by atoms with Gasteiger partial charge in [0, 0.05) is 32.4 Å². The number of hydrogen-bond donors (Lipinski definition) is 1. The van der Waals surface area contributed by atoms with E-state index in [-0.39, 0.29) is 6.61 Å². The van der Waals surface area contributed by atoms with E-state index < -0.39 is 0 Å². The Kier molecular flexibility index (Phi) is 3.97. The summed E-state index contributed by atoms with van der Waals surface area (Å²) in [7, 11) is 0. The summed E-state index contributed by atoms with van der Waals surface area (Å²) < 4.78 is 0. The Morgan fingerprint density at radius 1 is 1.29 bits per heavy atom. The first kappa shape index (κ1) is 12.3. The molecule has 0 spiro atoms. The second-order valence-electron chi connectivity index (χ2n) is 4.56. The molecule has 0 saturated carbocycles. The molecule has 2 heterocycles. The average Bonchev–Trinajstić information content (AvgIpc) is 2.39. The second kappa shape index (κ2) is 5.47. The summed E-state index contributed by atoms with van der Waals surface area (Å²) in [6.45, 7) is 9.77. The molecule has 1 N–H and O–H groups in total. The number of aliphatic hydroxyl groups excluding tert-OH is 1. The maximum Gasteiger partial charge on any atom is 0.131 e. The van der Waals surface area contributed by atoms with E-state index in [1.54, 1.807) is 6.20 Å². The first-order valence-electron chi connectivity index (χ1n) is 6.28. The molecule has 0 aromatic carbocycles. The van der Waals surface area contributed by atoms with E-state index in [0.29, 0.717) is 0 Å². The van der Waals surface area contributed by atoms with Crippen LogP contribution < -0.4 is 4.90 Å². The molecule has 0 aliphatic carbocycles. The van der Waals surface area contributed by atoms with Gasteiger partial charge in [0.2, 0.25) is 0 Å². The smallest absolute Gasteiger partial charge is 0.131 e. The minimum absolute atomic E-state index is 0.0672. The van der Waals surface area contributed by atoms with E-state index >= 15 is 0 Å². The summed E-state index contributed by atoms with van der Waals surface area (Å²) >= 11 is 0. The molecule has 0 atom stereocenters. The van der Waals surface area contributed by atoms with Gasteiger partial charge in [0.15, 0.2) is 0 Å². The van der Waals surface area contributed by atoms with Gasteiger partial charge in [0.25, 0.3) is 0 Å². The van der Waals surface area contributed by atoms with Crippen LogP contribution in [-0.4, -0.2) is 47.7 Å². The Morgan fingerprint density at radius 2 is 2.00 bits per heavy atom. The summed E-state index contributed by atoms with van der Waals surface area (Å²) in [6.07, 6.45) is 1.77. The van der Waals surface area contributed by atoms with Crippen LogP contribution in [-0.2, 0) is 6.61 Å². The number of piperazine rings is 1. The summed E-state index contributed by atoms with van der Waals surface area (Å²) in [5.74, 6) is 1.07. The number of likely N-dealkylation sites (N-methyl/N-ethyl adjacent to an activating group) is 1. The van der Waals surface area contributed by atoms with E-state index in [2.05, 4.69) is 28.6 Å². The van der Waals surface area contributed by atoms with E-state index in [9.17, 15) is 0 Å². The monoisotopic (exact) mass is 235 g/mol. The first-order valence-corrected chi connectivity index (χ1v) is 6.28. The Balaban J connectivity index is 2.08. The number of nitrogens with zero attached hydrogens (tertiary/aromatic N) is 3. The van der Waals surface area contributed by atoms with Gasteiger partial charge in [-0.2, -0.15) is 0 Å². The van der Waals surface area contributed by atoms with Crippen molar-refractivity contribution in [1.29, 1.82) is 0 Å². The lowest BCUT2D eigenvalue weighted by molar-refractivity contribution is 0.270. The van der Waals surface area contributed by atoms with Crippen LogP contribution in [0.4, 0.5) is 5.82 Å². The molecule has 1 aromatic heterocycles.